The SMILES string of the molecule is O=C(CNC(=O)c1cccc(F)c1)NN=Cc1ccc(O)cc1. The molecule has 0 spiro atoms. The van der Waals surface area contributed by atoms with E-state index in [4.69, 9.17) is 5.11 Å². The Morgan fingerprint density at radius 3 is 2.61 bits per heavy atom. The number of phenolic OH excluding ortho intramolecular Hbond substituents is 1. The number of benzene rings is 2. The Labute approximate surface area is 131 Å². The van der Waals surface area contributed by atoms with Crippen LogP contribution in [0.3, 0.4) is 0 Å². The molecule has 118 valence electrons. The van der Waals surface area contributed by atoms with Gasteiger partial charge in [-0.2, -0.15) is 5.10 Å². The number of halogens is 1. The Morgan fingerprint density at radius 2 is 1.91 bits per heavy atom. The van der Waals surface area contributed by atoms with Crippen LogP contribution in [0, 0.1) is 5.82 Å². The smallest absolute Gasteiger partial charge is 0.259 e. The maximum atomic E-state index is 13.0. The van der Waals surface area contributed by atoms with Crippen LogP contribution in [0.5, 0.6) is 5.75 Å². The summed E-state index contributed by atoms with van der Waals surface area (Å²) in [6.07, 6.45) is 1.39. The molecule has 0 aromatic heterocycles. The molecule has 0 bridgehead atoms. The van der Waals surface area contributed by atoms with Crippen LogP contribution in [-0.4, -0.2) is 29.7 Å². The molecule has 0 aliphatic carbocycles. The van der Waals surface area contributed by atoms with Crippen LogP contribution in [0.4, 0.5) is 4.39 Å². The van der Waals surface area contributed by atoms with Crippen LogP contribution in [0.15, 0.2) is 53.6 Å². The largest absolute Gasteiger partial charge is 0.508 e. The Kier molecular flexibility index (Phi) is 5.40. The van der Waals surface area contributed by atoms with E-state index in [1.165, 1.54) is 36.5 Å². The molecule has 0 aliphatic rings. The third-order valence-corrected chi connectivity index (χ3v) is 2.79. The number of carbonyl (C=O) groups is 2. The fourth-order valence-corrected chi connectivity index (χ4v) is 1.67. The van der Waals surface area contributed by atoms with Crippen molar-refractivity contribution in [1.29, 1.82) is 0 Å². The van der Waals surface area contributed by atoms with E-state index in [1.54, 1.807) is 12.1 Å². The lowest BCUT2D eigenvalue weighted by Crippen LogP contribution is -2.34. The summed E-state index contributed by atoms with van der Waals surface area (Å²) in [5, 5.41) is 15.2. The normalized spacial score (nSPS) is 10.5. The van der Waals surface area contributed by atoms with Crippen molar-refractivity contribution in [1.82, 2.24) is 10.7 Å². The lowest BCUT2D eigenvalue weighted by molar-refractivity contribution is -0.120. The van der Waals surface area contributed by atoms with Gasteiger partial charge in [0.1, 0.15) is 11.6 Å². The first-order valence-electron chi connectivity index (χ1n) is 6.69. The fourth-order valence-electron chi connectivity index (χ4n) is 1.67. The van der Waals surface area contributed by atoms with Gasteiger partial charge in [0.2, 0.25) is 0 Å². The molecule has 0 saturated carbocycles. The molecule has 0 aliphatic heterocycles. The van der Waals surface area contributed by atoms with Crippen molar-refractivity contribution in [2.75, 3.05) is 6.54 Å². The lowest BCUT2D eigenvalue weighted by Gasteiger charge is -2.04. The van der Waals surface area contributed by atoms with Gasteiger partial charge >= 0.3 is 0 Å². The molecule has 0 atom stereocenters. The van der Waals surface area contributed by atoms with Gasteiger partial charge in [-0.15, -0.1) is 0 Å². The van der Waals surface area contributed by atoms with E-state index in [0.29, 0.717) is 5.56 Å². The van der Waals surface area contributed by atoms with Crippen LogP contribution >= 0.6 is 0 Å². The van der Waals surface area contributed by atoms with Crippen molar-refractivity contribution >= 4 is 18.0 Å². The van der Waals surface area contributed by atoms with Gasteiger partial charge in [0, 0.05) is 5.56 Å². The van der Waals surface area contributed by atoms with Crippen molar-refractivity contribution in [2.24, 2.45) is 5.10 Å². The molecule has 7 heteroatoms. The molecule has 2 amide bonds. The predicted octanol–water partition coefficient (Wildman–Crippen LogP) is 1.41. The van der Waals surface area contributed by atoms with Crippen LogP contribution in [0.25, 0.3) is 0 Å². The van der Waals surface area contributed by atoms with Gasteiger partial charge in [-0.3, -0.25) is 9.59 Å². The molecule has 0 saturated heterocycles. The second-order valence-electron chi connectivity index (χ2n) is 4.58. The van der Waals surface area contributed by atoms with Crippen molar-refractivity contribution in [3.05, 3.63) is 65.5 Å². The van der Waals surface area contributed by atoms with E-state index in [1.807, 2.05) is 0 Å². The number of aromatic hydroxyl groups is 1. The molecule has 0 fully saturated rings. The van der Waals surface area contributed by atoms with Crippen molar-refractivity contribution < 1.29 is 19.1 Å². The van der Waals surface area contributed by atoms with Gasteiger partial charge < -0.3 is 10.4 Å². The summed E-state index contributed by atoms with van der Waals surface area (Å²) in [5.74, 6) is -1.47. The Balaban J connectivity index is 1.78. The highest BCUT2D eigenvalue weighted by atomic mass is 19.1. The second-order valence-corrected chi connectivity index (χ2v) is 4.58. The summed E-state index contributed by atoms with van der Waals surface area (Å²) in [6.45, 7) is -0.289. The summed E-state index contributed by atoms with van der Waals surface area (Å²) in [7, 11) is 0. The van der Waals surface area contributed by atoms with E-state index < -0.39 is 17.6 Å². The number of nitrogens with zero attached hydrogens (tertiary/aromatic N) is 1. The maximum Gasteiger partial charge on any atom is 0.259 e. The summed E-state index contributed by atoms with van der Waals surface area (Å²) < 4.78 is 13.0. The van der Waals surface area contributed by atoms with Gasteiger partial charge in [0.15, 0.2) is 0 Å². The summed E-state index contributed by atoms with van der Waals surface area (Å²) >= 11 is 0. The molecule has 2 aromatic rings. The molecule has 0 heterocycles. The zero-order valence-corrected chi connectivity index (χ0v) is 12.0. The third-order valence-electron chi connectivity index (χ3n) is 2.79. The van der Waals surface area contributed by atoms with Gasteiger partial charge in [-0.25, -0.2) is 9.82 Å². The average Bonchev–Trinajstić information content (AvgIpc) is 2.54. The zero-order chi connectivity index (χ0) is 16.7. The highest BCUT2D eigenvalue weighted by Gasteiger charge is 2.08. The third kappa shape index (κ3) is 5.24. The summed E-state index contributed by atoms with van der Waals surface area (Å²) in [4.78, 5) is 23.2. The Hall–Kier alpha value is -3.22. The minimum absolute atomic E-state index is 0.130. The van der Waals surface area contributed by atoms with E-state index in [-0.39, 0.29) is 17.9 Å². The van der Waals surface area contributed by atoms with Gasteiger partial charge in [-0.05, 0) is 48.0 Å². The molecule has 0 radical (unpaired) electrons. The van der Waals surface area contributed by atoms with Gasteiger partial charge in [0.05, 0.1) is 12.8 Å². The monoisotopic (exact) mass is 315 g/mol. The van der Waals surface area contributed by atoms with Crippen molar-refractivity contribution in [3.8, 4) is 5.75 Å². The van der Waals surface area contributed by atoms with E-state index in [2.05, 4.69) is 15.8 Å². The lowest BCUT2D eigenvalue weighted by atomic mass is 10.2. The first kappa shape index (κ1) is 16.2. The number of phenols is 1. The molecular formula is C16H14FN3O3. The molecule has 6 nitrogen and oxygen atoms in total. The van der Waals surface area contributed by atoms with Gasteiger partial charge in [0.25, 0.3) is 11.8 Å². The minimum Gasteiger partial charge on any atom is -0.508 e. The van der Waals surface area contributed by atoms with Crippen LogP contribution in [-0.2, 0) is 4.79 Å². The first-order chi connectivity index (χ1) is 11.0. The standard InChI is InChI=1S/C16H14FN3O3/c17-13-3-1-2-12(8-13)16(23)18-10-15(22)20-19-9-11-4-6-14(21)7-5-11/h1-9,21H,10H2,(H,18,23)(H,20,22). The Morgan fingerprint density at radius 1 is 1.17 bits per heavy atom. The summed E-state index contributed by atoms with van der Waals surface area (Å²) in [6, 6.07) is 11.4. The maximum absolute atomic E-state index is 13.0. The number of carbonyl (C=O) groups excluding carboxylic acids is 2. The average molecular weight is 315 g/mol. The van der Waals surface area contributed by atoms with Gasteiger partial charge in [-0.1, -0.05) is 6.07 Å². The highest BCUT2D eigenvalue weighted by Crippen LogP contribution is 2.07. The predicted molar refractivity (Wildman–Crippen MR) is 82.6 cm³/mol. The van der Waals surface area contributed by atoms with Crippen LogP contribution in [0.1, 0.15) is 15.9 Å². The van der Waals surface area contributed by atoms with Crippen molar-refractivity contribution in [2.45, 2.75) is 0 Å². The fraction of sp³-hybridized carbons (Fsp3) is 0.0625. The second kappa shape index (κ2) is 7.69. The Bertz CT molecular complexity index is 730. The number of hydrogen-bond donors (Lipinski definition) is 3. The van der Waals surface area contributed by atoms with Crippen molar-refractivity contribution in [3.63, 3.8) is 0 Å². The molecule has 2 rings (SSSR count). The van der Waals surface area contributed by atoms with E-state index >= 15 is 0 Å². The zero-order valence-electron chi connectivity index (χ0n) is 12.0. The molecule has 23 heavy (non-hydrogen) atoms. The molecular weight excluding hydrogens is 301 g/mol. The number of hydrazone groups is 1. The number of amides is 2. The topological polar surface area (TPSA) is 90.8 Å². The molecule has 3 N–H and O–H groups in total. The first-order valence-corrected chi connectivity index (χ1v) is 6.69. The van der Waals surface area contributed by atoms with Crippen LogP contribution in [0.2, 0.25) is 0 Å². The van der Waals surface area contributed by atoms with Crippen LogP contribution < -0.4 is 10.7 Å². The van der Waals surface area contributed by atoms with E-state index in [9.17, 15) is 14.0 Å². The molecule has 0 unspecified atom stereocenters. The summed E-state index contributed by atoms with van der Waals surface area (Å²) in [5.41, 5.74) is 3.06. The minimum atomic E-state index is -0.554. The molecule has 2 aromatic carbocycles. The quantitative estimate of drug-likeness (QED) is 0.575. The number of nitrogens with one attached hydrogen (secondary N) is 2. The number of rotatable bonds is 5. The number of hydrogen-bond acceptors (Lipinski definition) is 4. The van der Waals surface area contributed by atoms with E-state index in [0.717, 1.165) is 6.07 Å². The highest BCUT2D eigenvalue weighted by molar-refractivity contribution is 5.96.